The Hall–Kier alpha value is -0.350. The van der Waals surface area contributed by atoms with Gasteiger partial charge in [0.05, 0.1) is 0 Å². The fourth-order valence-corrected chi connectivity index (χ4v) is 2.55. The Kier molecular flexibility index (Phi) is 3.01. The van der Waals surface area contributed by atoms with Crippen LogP contribution in [0.3, 0.4) is 0 Å². The van der Waals surface area contributed by atoms with E-state index in [0.717, 1.165) is 6.42 Å². The third-order valence-electron chi connectivity index (χ3n) is 1.88. The molecule has 1 aromatic heterocycles. The Bertz CT molecular complexity index is 379. The van der Waals surface area contributed by atoms with Crippen LogP contribution in [0, 0.1) is 3.57 Å². The van der Waals surface area contributed by atoms with Crippen molar-refractivity contribution in [3.63, 3.8) is 0 Å². The molecule has 66 valence electrons. The van der Waals surface area contributed by atoms with E-state index in [0.29, 0.717) is 0 Å². The second-order valence-corrected chi connectivity index (χ2v) is 4.96. The van der Waals surface area contributed by atoms with Crippen molar-refractivity contribution in [1.29, 1.82) is 0 Å². The first-order valence-electron chi connectivity index (χ1n) is 4.10. The zero-order chi connectivity index (χ0) is 9.10. The first kappa shape index (κ1) is 9.21. The number of halogens is 1. The van der Waals surface area contributed by atoms with Crippen LogP contribution in [0.25, 0.3) is 0 Å². The molecule has 0 fully saturated rings. The molecule has 0 N–H and O–H groups in total. The van der Waals surface area contributed by atoms with Gasteiger partial charge in [-0.25, -0.2) is 0 Å². The molecule has 2 aromatic rings. The first-order valence-corrected chi connectivity index (χ1v) is 6.12. The molecule has 0 unspecified atom stereocenters. The number of rotatable bonds is 2. The summed E-state index contributed by atoms with van der Waals surface area (Å²) >= 11 is 4.11. The zero-order valence-corrected chi connectivity index (χ0v) is 10.0. The minimum Gasteiger partial charge on any atom is -0.152 e. The van der Waals surface area contributed by atoms with Crippen molar-refractivity contribution in [3.05, 3.63) is 55.8 Å². The molecule has 0 amide bonds. The molecule has 0 aliphatic carbocycles. The van der Waals surface area contributed by atoms with Gasteiger partial charge in [0.25, 0.3) is 0 Å². The van der Waals surface area contributed by atoms with Gasteiger partial charge in [-0.1, -0.05) is 12.1 Å². The predicted molar refractivity (Wildman–Crippen MR) is 66.3 cm³/mol. The minimum atomic E-state index is 1.06. The molecule has 0 nitrogen and oxygen atoms in total. The van der Waals surface area contributed by atoms with E-state index in [1.165, 1.54) is 14.7 Å². The van der Waals surface area contributed by atoms with Crippen LogP contribution in [0.1, 0.15) is 11.1 Å². The van der Waals surface area contributed by atoms with E-state index in [1.54, 1.807) is 11.3 Å². The van der Waals surface area contributed by atoms with Gasteiger partial charge >= 0.3 is 0 Å². The maximum atomic E-state index is 2.35. The van der Waals surface area contributed by atoms with Crippen molar-refractivity contribution in [1.82, 2.24) is 0 Å². The van der Waals surface area contributed by atoms with Crippen LogP contribution >= 0.6 is 33.9 Å². The molecule has 0 saturated heterocycles. The van der Waals surface area contributed by atoms with Gasteiger partial charge in [-0.3, -0.25) is 0 Å². The molecular weight excluding hydrogens is 291 g/mol. The highest BCUT2D eigenvalue weighted by atomic mass is 127. The summed E-state index contributed by atoms with van der Waals surface area (Å²) in [4.78, 5) is 0. The van der Waals surface area contributed by atoms with Crippen LogP contribution in [0.15, 0.2) is 41.1 Å². The molecule has 0 saturated carbocycles. The van der Waals surface area contributed by atoms with Crippen molar-refractivity contribution in [2.24, 2.45) is 0 Å². The number of hydrogen-bond acceptors (Lipinski definition) is 1. The molecule has 0 spiro atoms. The Morgan fingerprint density at radius 2 is 2.08 bits per heavy atom. The molecule has 2 heteroatoms. The summed E-state index contributed by atoms with van der Waals surface area (Å²) in [6, 6.07) is 10.8. The number of thiophene rings is 1. The molecular formula is C11H9IS. The van der Waals surface area contributed by atoms with E-state index in [2.05, 4.69) is 63.7 Å². The van der Waals surface area contributed by atoms with E-state index in [1.807, 2.05) is 0 Å². The molecule has 0 radical (unpaired) electrons. The highest BCUT2D eigenvalue weighted by molar-refractivity contribution is 14.1. The molecule has 2 rings (SSSR count). The lowest BCUT2D eigenvalue weighted by atomic mass is 10.1. The fraction of sp³-hybridized carbons (Fsp3) is 0.0909. The Balaban J connectivity index is 2.19. The quantitative estimate of drug-likeness (QED) is 0.737. The van der Waals surface area contributed by atoms with Crippen LogP contribution in [0.5, 0.6) is 0 Å². The van der Waals surface area contributed by atoms with Crippen LogP contribution < -0.4 is 0 Å². The lowest BCUT2D eigenvalue weighted by Gasteiger charge is -1.99. The molecule has 0 bridgehead atoms. The summed E-state index contributed by atoms with van der Waals surface area (Å²) in [5, 5.41) is 4.34. The second-order valence-electron chi connectivity index (χ2n) is 2.94. The van der Waals surface area contributed by atoms with E-state index < -0.39 is 0 Å². The summed E-state index contributed by atoms with van der Waals surface area (Å²) in [6.07, 6.45) is 1.06. The highest BCUT2D eigenvalue weighted by Crippen LogP contribution is 2.14. The first-order chi connectivity index (χ1) is 6.34. The topological polar surface area (TPSA) is 0 Å². The Labute approximate surface area is 95.8 Å². The summed E-state index contributed by atoms with van der Waals surface area (Å²) < 4.78 is 1.31. The fourth-order valence-electron chi connectivity index (χ4n) is 1.28. The van der Waals surface area contributed by atoms with Crippen LogP contribution in [0.4, 0.5) is 0 Å². The van der Waals surface area contributed by atoms with E-state index in [-0.39, 0.29) is 0 Å². The van der Waals surface area contributed by atoms with Crippen molar-refractivity contribution >= 4 is 33.9 Å². The normalized spacial score (nSPS) is 10.2. The van der Waals surface area contributed by atoms with Crippen molar-refractivity contribution < 1.29 is 0 Å². The summed E-state index contributed by atoms with van der Waals surface area (Å²) in [5.74, 6) is 0. The molecule has 1 heterocycles. The summed E-state index contributed by atoms with van der Waals surface area (Å²) in [5.41, 5.74) is 2.80. The lowest BCUT2D eigenvalue weighted by molar-refractivity contribution is 1.21. The molecule has 0 aliphatic heterocycles. The summed E-state index contributed by atoms with van der Waals surface area (Å²) in [6.45, 7) is 0. The van der Waals surface area contributed by atoms with E-state index in [9.17, 15) is 0 Å². The smallest absolute Gasteiger partial charge is 0.0133 e. The van der Waals surface area contributed by atoms with Crippen LogP contribution in [0.2, 0.25) is 0 Å². The molecule has 0 aliphatic rings. The SMILES string of the molecule is Ic1cccc(Cc2ccsc2)c1. The van der Waals surface area contributed by atoms with E-state index in [4.69, 9.17) is 0 Å². The van der Waals surface area contributed by atoms with Crippen LogP contribution in [-0.4, -0.2) is 0 Å². The van der Waals surface area contributed by atoms with Gasteiger partial charge in [0.1, 0.15) is 0 Å². The van der Waals surface area contributed by atoms with Crippen molar-refractivity contribution in [2.75, 3.05) is 0 Å². The Morgan fingerprint density at radius 1 is 1.15 bits per heavy atom. The maximum absolute atomic E-state index is 2.35. The molecule has 0 atom stereocenters. The zero-order valence-electron chi connectivity index (χ0n) is 7.03. The predicted octanol–water partition coefficient (Wildman–Crippen LogP) is 3.94. The molecule has 13 heavy (non-hydrogen) atoms. The van der Waals surface area contributed by atoms with Gasteiger partial charge in [0.2, 0.25) is 0 Å². The van der Waals surface area contributed by atoms with Crippen molar-refractivity contribution in [3.8, 4) is 0 Å². The van der Waals surface area contributed by atoms with Gasteiger partial charge < -0.3 is 0 Å². The average Bonchev–Trinajstić information content (AvgIpc) is 2.57. The van der Waals surface area contributed by atoms with Gasteiger partial charge in [-0.2, -0.15) is 11.3 Å². The Morgan fingerprint density at radius 3 is 2.77 bits per heavy atom. The van der Waals surface area contributed by atoms with E-state index >= 15 is 0 Å². The highest BCUT2D eigenvalue weighted by Gasteiger charge is 1.96. The average molecular weight is 300 g/mol. The second kappa shape index (κ2) is 4.24. The largest absolute Gasteiger partial charge is 0.152 e. The summed E-state index contributed by atoms with van der Waals surface area (Å²) in [7, 11) is 0. The third-order valence-corrected chi connectivity index (χ3v) is 3.28. The minimum absolute atomic E-state index is 1.06. The van der Waals surface area contributed by atoms with Gasteiger partial charge in [0.15, 0.2) is 0 Å². The standard InChI is InChI=1S/C11H9IS/c12-11-3-1-2-9(7-11)6-10-4-5-13-8-10/h1-5,7-8H,6H2. The molecule has 1 aromatic carbocycles. The number of benzene rings is 1. The third kappa shape index (κ3) is 2.54. The number of hydrogen-bond donors (Lipinski definition) is 0. The van der Waals surface area contributed by atoms with Gasteiger partial charge in [-0.15, -0.1) is 0 Å². The van der Waals surface area contributed by atoms with Gasteiger partial charge in [-0.05, 0) is 69.1 Å². The lowest BCUT2D eigenvalue weighted by Crippen LogP contribution is -1.85. The van der Waals surface area contributed by atoms with Crippen LogP contribution in [-0.2, 0) is 6.42 Å². The van der Waals surface area contributed by atoms with Gasteiger partial charge in [0, 0.05) is 3.57 Å². The monoisotopic (exact) mass is 300 g/mol. The maximum Gasteiger partial charge on any atom is 0.0133 e. The van der Waals surface area contributed by atoms with Crippen molar-refractivity contribution in [2.45, 2.75) is 6.42 Å².